The van der Waals surface area contributed by atoms with Crippen LogP contribution in [0, 0.1) is 5.82 Å². The van der Waals surface area contributed by atoms with E-state index in [2.05, 4.69) is 55.9 Å². The minimum Gasteiger partial charge on any atom is -0.411 e. The average Bonchev–Trinajstić information content (AvgIpc) is 3.41. The van der Waals surface area contributed by atoms with Crippen LogP contribution in [0.2, 0.25) is 18.1 Å². The van der Waals surface area contributed by atoms with Crippen molar-refractivity contribution in [1.82, 2.24) is 19.4 Å². The van der Waals surface area contributed by atoms with Crippen molar-refractivity contribution >= 4 is 14.2 Å². The number of halogens is 1. The number of aromatic nitrogens is 2. The molecule has 9 heteroatoms. The Morgan fingerprint density at radius 3 is 2.55 bits per heavy atom. The molecule has 1 amide bonds. The van der Waals surface area contributed by atoms with E-state index >= 15 is 4.39 Å². The van der Waals surface area contributed by atoms with E-state index in [1.54, 1.807) is 23.2 Å². The number of carbonyl (C=O) groups excluding carboxylic acids is 1. The number of carbonyl (C=O) groups is 1. The summed E-state index contributed by atoms with van der Waals surface area (Å²) in [4.78, 5) is 22.2. The first-order valence-electron chi connectivity index (χ1n) is 16.0. The van der Waals surface area contributed by atoms with Crippen LogP contribution in [0.3, 0.4) is 0 Å². The first-order valence-corrected chi connectivity index (χ1v) is 18.9. The van der Waals surface area contributed by atoms with Crippen molar-refractivity contribution in [2.75, 3.05) is 32.8 Å². The Morgan fingerprint density at radius 1 is 1.11 bits per heavy atom. The van der Waals surface area contributed by atoms with E-state index in [1.165, 1.54) is 11.6 Å². The van der Waals surface area contributed by atoms with E-state index in [0.717, 1.165) is 56.4 Å². The molecule has 3 heterocycles. The Hall–Kier alpha value is -2.85. The van der Waals surface area contributed by atoms with Gasteiger partial charge in [-0.1, -0.05) is 51.1 Å². The zero-order valence-corrected chi connectivity index (χ0v) is 28.3. The predicted molar refractivity (Wildman–Crippen MR) is 176 cm³/mol. The van der Waals surface area contributed by atoms with E-state index in [0.29, 0.717) is 37.1 Å². The van der Waals surface area contributed by atoms with Gasteiger partial charge in [0.25, 0.3) is 5.91 Å². The van der Waals surface area contributed by atoms with Crippen molar-refractivity contribution < 1.29 is 18.3 Å². The highest BCUT2D eigenvalue weighted by Gasteiger charge is 2.41. The number of hydrogen-bond donors (Lipinski definition) is 0. The van der Waals surface area contributed by atoms with Crippen molar-refractivity contribution in [2.45, 2.75) is 83.3 Å². The van der Waals surface area contributed by atoms with Gasteiger partial charge in [0.05, 0.1) is 12.4 Å². The summed E-state index contributed by atoms with van der Waals surface area (Å²) >= 11 is 0. The number of benzene rings is 2. The molecule has 2 aliphatic rings. The largest absolute Gasteiger partial charge is 0.411 e. The summed E-state index contributed by atoms with van der Waals surface area (Å²) in [5.41, 5.74) is 3.95. The lowest BCUT2D eigenvalue weighted by atomic mass is 9.98. The number of aryl methyl sites for hydroxylation is 2. The number of rotatable bonds is 11. The average molecular weight is 621 g/mol. The number of likely N-dealkylation sites (tertiary alicyclic amines) is 1. The molecule has 44 heavy (non-hydrogen) atoms. The van der Waals surface area contributed by atoms with Gasteiger partial charge in [0.2, 0.25) is 0 Å². The Morgan fingerprint density at radius 2 is 1.86 bits per heavy atom. The van der Waals surface area contributed by atoms with Crippen molar-refractivity contribution in [2.24, 2.45) is 7.05 Å². The molecule has 0 bridgehead atoms. The minimum absolute atomic E-state index is 0.0513. The summed E-state index contributed by atoms with van der Waals surface area (Å²) in [6.45, 7) is 16.2. The fraction of sp³-hybridized carbons (Fsp3) is 0.543. The maximum Gasteiger partial charge on any atom is 0.274 e. The van der Waals surface area contributed by atoms with Gasteiger partial charge in [-0.15, -0.1) is 0 Å². The Labute approximate surface area is 263 Å². The molecule has 1 aromatic heterocycles. The lowest BCUT2D eigenvalue weighted by molar-refractivity contribution is 0.0104. The van der Waals surface area contributed by atoms with Crippen molar-refractivity contribution in [1.29, 1.82) is 0 Å². The van der Waals surface area contributed by atoms with Crippen LogP contribution in [0.4, 0.5) is 4.39 Å². The topological polar surface area (TPSA) is 59.8 Å². The molecule has 5 rings (SSSR count). The smallest absolute Gasteiger partial charge is 0.274 e. The molecule has 0 spiro atoms. The molecular formula is C35H49FN4O3Si. The highest BCUT2D eigenvalue weighted by molar-refractivity contribution is 6.74. The lowest BCUT2D eigenvalue weighted by Gasteiger charge is -2.46. The fourth-order valence-electron chi connectivity index (χ4n) is 5.90. The zero-order valence-electron chi connectivity index (χ0n) is 27.3. The quantitative estimate of drug-likeness (QED) is 0.224. The summed E-state index contributed by atoms with van der Waals surface area (Å²) in [7, 11) is 0.134. The van der Waals surface area contributed by atoms with Crippen molar-refractivity contribution in [3.8, 4) is 11.1 Å². The van der Waals surface area contributed by atoms with Gasteiger partial charge < -0.3 is 18.6 Å². The van der Waals surface area contributed by atoms with Crippen LogP contribution in [0.25, 0.3) is 11.1 Å². The van der Waals surface area contributed by atoms with Gasteiger partial charge in [-0.3, -0.25) is 9.69 Å². The van der Waals surface area contributed by atoms with E-state index < -0.39 is 8.32 Å². The lowest BCUT2D eigenvalue weighted by Crippen LogP contribution is -2.57. The van der Waals surface area contributed by atoms with E-state index in [4.69, 9.17) is 9.16 Å². The highest BCUT2D eigenvalue weighted by atomic mass is 28.4. The number of amides is 1. The monoisotopic (exact) mass is 620 g/mol. The normalized spacial score (nSPS) is 17.1. The molecule has 0 atom stereocenters. The minimum atomic E-state index is -1.72. The van der Waals surface area contributed by atoms with Gasteiger partial charge in [-0.25, -0.2) is 9.37 Å². The Kier molecular flexibility index (Phi) is 10.1. The van der Waals surface area contributed by atoms with Crippen LogP contribution in [0.15, 0.2) is 55.0 Å². The Balaban J connectivity index is 1.21. The second-order valence-corrected chi connectivity index (χ2v) is 18.8. The zero-order chi connectivity index (χ0) is 31.5. The van der Waals surface area contributed by atoms with Gasteiger partial charge in [0, 0.05) is 57.7 Å². The van der Waals surface area contributed by atoms with Gasteiger partial charge in [-0.2, -0.15) is 0 Å². The van der Waals surface area contributed by atoms with Crippen LogP contribution in [0.1, 0.15) is 61.6 Å². The maximum atomic E-state index is 15.2. The third kappa shape index (κ3) is 7.86. The molecule has 238 valence electrons. The first-order chi connectivity index (χ1) is 20.9. The summed E-state index contributed by atoms with van der Waals surface area (Å²) in [6.07, 6.45) is 7.29. The van der Waals surface area contributed by atoms with E-state index in [-0.39, 0.29) is 22.8 Å². The number of hydrogen-bond acceptors (Lipinski definition) is 5. The molecule has 2 fully saturated rings. The summed E-state index contributed by atoms with van der Waals surface area (Å²) in [6, 6.07) is 13.5. The molecule has 2 aromatic carbocycles. The van der Waals surface area contributed by atoms with E-state index in [9.17, 15) is 4.79 Å². The highest BCUT2D eigenvalue weighted by Crippen LogP contribution is 2.38. The maximum absolute atomic E-state index is 15.2. The van der Waals surface area contributed by atoms with Crippen molar-refractivity contribution in [3.63, 3.8) is 0 Å². The van der Waals surface area contributed by atoms with Crippen molar-refractivity contribution in [3.05, 3.63) is 77.6 Å². The number of ether oxygens (including phenoxy) is 1. The fourth-order valence-corrected chi connectivity index (χ4v) is 7.23. The van der Waals surface area contributed by atoms with E-state index in [1.807, 2.05) is 30.1 Å². The summed E-state index contributed by atoms with van der Waals surface area (Å²) in [5, 5.41) is 0.235. The predicted octanol–water partition coefficient (Wildman–Crippen LogP) is 6.69. The molecule has 0 unspecified atom stereocenters. The standard InChI is InChI=1S/C35H49FN4O3Si/c1-35(2,3)44(5,6)43-30-22-39(23-30)16-8-10-26-9-7-11-28(19-26)31-20-27(12-13-32(31)36)21-40(29-14-17-42-18-15-29)34(41)33-24-38(4)25-37-33/h7,9,11-13,19-20,24-25,29-30H,8,10,14-18,21-23H2,1-6H3. The third-order valence-electron chi connectivity index (χ3n) is 9.57. The molecule has 2 aliphatic heterocycles. The number of imidazole rings is 1. The first kappa shape index (κ1) is 32.5. The SMILES string of the molecule is Cn1cnc(C(=O)N(Cc2ccc(F)c(-c3cccc(CCCN4CC(O[Si](C)(C)C(C)(C)C)C4)c3)c2)C2CCOCC2)c1. The second kappa shape index (κ2) is 13.6. The van der Waals surface area contributed by atoms with Crippen LogP contribution < -0.4 is 0 Å². The second-order valence-electron chi connectivity index (χ2n) is 14.1. The third-order valence-corrected chi connectivity index (χ3v) is 14.1. The van der Waals surface area contributed by atoms with Gasteiger partial charge in [-0.05, 0) is 79.2 Å². The van der Waals surface area contributed by atoms with Crippen LogP contribution >= 0.6 is 0 Å². The summed E-state index contributed by atoms with van der Waals surface area (Å²) < 4.78 is 29.1. The Bertz CT molecular complexity index is 1420. The molecule has 0 N–H and O–H groups in total. The molecule has 0 saturated carbocycles. The molecule has 0 aliphatic carbocycles. The molecule has 7 nitrogen and oxygen atoms in total. The summed E-state index contributed by atoms with van der Waals surface area (Å²) in [5.74, 6) is -0.363. The molecular weight excluding hydrogens is 571 g/mol. The van der Waals surface area contributed by atoms with Gasteiger partial charge in [0.15, 0.2) is 8.32 Å². The van der Waals surface area contributed by atoms with Crippen LogP contribution in [-0.4, -0.2) is 78.6 Å². The molecule has 0 radical (unpaired) electrons. The van der Waals surface area contributed by atoms with Gasteiger partial charge in [0.1, 0.15) is 11.5 Å². The van der Waals surface area contributed by atoms with Gasteiger partial charge >= 0.3 is 0 Å². The number of nitrogens with zero attached hydrogens (tertiary/aromatic N) is 4. The van der Waals surface area contributed by atoms with Crippen LogP contribution in [0.5, 0.6) is 0 Å². The molecule has 2 saturated heterocycles. The van der Waals surface area contributed by atoms with Crippen LogP contribution in [-0.2, 0) is 29.2 Å². The molecule has 3 aromatic rings.